The van der Waals surface area contributed by atoms with Crippen molar-refractivity contribution in [3.63, 3.8) is 0 Å². The second-order valence-electron chi connectivity index (χ2n) is 2.90. The number of rotatable bonds is 2. The summed E-state index contributed by atoms with van der Waals surface area (Å²) in [5.74, 6) is 0. The Balaban J connectivity index is 2.30. The van der Waals surface area contributed by atoms with Crippen LogP contribution in [0.4, 0.5) is 0 Å². The van der Waals surface area contributed by atoms with Gasteiger partial charge in [-0.2, -0.15) is 0 Å². The average molecular weight is 249 g/mol. The van der Waals surface area contributed by atoms with Crippen molar-refractivity contribution in [1.29, 1.82) is 0 Å². The van der Waals surface area contributed by atoms with Crippen molar-refractivity contribution >= 4 is 15.9 Å². The molecule has 0 fully saturated rings. The summed E-state index contributed by atoms with van der Waals surface area (Å²) < 4.78 is 0. The fourth-order valence-corrected chi connectivity index (χ4v) is 1.78. The van der Waals surface area contributed by atoms with Crippen LogP contribution in [-0.4, -0.2) is 9.97 Å². The van der Waals surface area contributed by atoms with Crippen LogP contribution in [0.2, 0.25) is 0 Å². The number of nitrogens with zero attached hydrogens (tertiary/aromatic N) is 2. The van der Waals surface area contributed by atoms with Gasteiger partial charge in [-0.25, -0.2) is 0 Å². The first kappa shape index (κ1) is 9.34. The van der Waals surface area contributed by atoms with Crippen LogP contribution >= 0.6 is 15.9 Å². The summed E-state index contributed by atoms with van der Waals surface area (Å²) in [6.45, 7) is 0. The number of hydrogen-bond donors (Lipinski definition) is 0. The van der Waals surface area contributed by atoms with Crippen LogP contribution in [-0.2, 0) is 0 Å². The molecule has 2 nitrogen and oxygen atoms in total. The second-order valence-corrected chi connectivity index (χ2v) is 3.82. The fraction of sp³-hybridized carbons (Fsp3) is 0.0909. The highest BCUT2D eigenvalue weighted by atomic mass is 79.9. The molecule has 0 saturated heterocycles. The summed E-state index contributed by atoms with van der Waals surface area (Å²) in [5, 5.41) is 0. The predicted octanol–water partition coefficient (Wildman–Crippen LogP) is 2.96. The summed E-state index contributed by atoms with van der Waals surface area (Å²) in [6, 6.07) is 10.2. The summed E-state index contributed by atoms with van der Waals surface area (Å²) >= 11 is 3.59. The summed E-state index contributed by atoms with van der Waals surface area (Å²) in [6.07, 6.45) is 5.15. The number of benzene rings is 1. The van der Waals surface area contributed by atoms with E-state index in [0.29, 0.717) is 0 Å². The normalized spacial score (nSPS) is 12.4. The molecule has 2 rings (SSSR count). The van der Waals surface area contributed by atoms with Crippen molar-refractivity contribution in [2.24, 2.45) is 0 Å². The monoisotopic (exact) mass is 248 g/mol. The Hall–Kier alpha value is -1.22. The predicted molar refractivity (Wildman–Crippen MR) is 59.2 cm³/mol. The highest BCUT2D eigenvalue weighted by Crippen LogP contribution is 2.27. The van der Waals surface area contributed by atoms with E-state index in [1.807, 2.05) is 18.2 Å². The van der Waals surface area contributed by atoms with Gasteiger partial charge in [0.05, 0.1) is 10.5 Å². The highest BCUT2D eigenvalue weighted by Gasteiger charge is 2.10. The van der Waals surface area contributed by atoms with Crippen LogP contribution in [0.1, 0.15) is 16.1 Å². The maximum Gasteiger partial charge on any atom is 0.0832 e. The van der Waals surface area contributed by atoms with E-state index in [-0.39, 0.29) is 4.83 Å². The third kappa shape index (κ3) is 1.99. The zero-order chi connectivity index (χ0) is 9.80. The molecule has 0 spiro atoms. The van der Waals surface area contributed by atoms with Crippen LogP contribution < -0.4 is 0 Å². The van der Waals surface area contributed by atoms with E-state index in [4.69, 9.17) is 0 Å². The molecule has 70 valence electrons. The number of hydrogen-bond acceptors (Lipinski definition) is 2. The lowest BCUT2D eigenvalue weighted by molar-refractivity contribution is 1.02. The van der Waals surface area contributed by atoms with Crippen LogP contribution in [0.5, 0.6) is 0 Å². The largest absolute Gasteiger partial charge is 0.261 e. The molecule has 0 aliphatic rings. The van der Waals surface area contributed by atoms with Crippen molar-refractivity contribution in [2.45, 2.75) is 4.83 Å². The van der Waals surface area contributed by atoms with Gasteiger partial charge in [-0.1, -0.05) is 46.3 Å². The standard InChI is InChI=1S/C11H9BrN2/c12-11(9-4-2-1-3-5-9)10-8-13-6-7-14-10/h1-8,11H. The zero-order valence-electron chi connectivity index (χ0n) is 7.47. The molecule has 1 aromatic heterocycles. The van der Waals surface area contributed by atoms with Crippen molar-refractivity contribution in [1.82, 2.24) is 9.97 Å². The van der Waals surface area contributed by atoms with E-state index in [2.05, 4.69) is 38.0 Å². The highest BCUT2D eigenvalue weighted by molar-refractivity contribution is 9.09. The molecule has 1 unspecified atom stereocenters. The number of halogens is 1. The van der Waals surface area contributed by atoms with Gasteiger partial charge < -0.3 is 0 Å². The first-order valence-corrected chi connectivity index (χ1v) is 5.24. The van der Waals surface area contributed by atoms with Crippen LogP contribution in [0.3, 0.4) is 0 Å². The van der Waals surface area contributed by atoms with Gasteiger partial charge in [-0.3, -0.25) is 9.97 Å². The van der Waals surface area contributed by atoms with Crippen molar-refractivity contribution in [3.8, 4) is 0 Å². The molecule has 3 heteroatoms. The Morgan fingerprint density at radius 2 is 1.86 bits per heavy atom. The van der Waals surface area contributed by atoms with E-state index in [1.54, 1.807) is 18.6 Å². The van der Waals surface area contributed by atoms with Gasteiger partial charge in [0.15, 0.2) is 0 Å². The van der Waals surface area contributed by atoms with Gasteiger partial charge in [-0.15, -0.1) is 0 Å². The van der Waals surface area contributed by atoms with Gasteiger partial charge in [0, 0.05) is 18.6 Å². The molecule has 0 aliphatic carbocycles. The van der Waals surface area contributed by atoms with Gasteiger partial charge in [0.2, 0.25) is 0 Å². The minimum Gasteiger partial charge on any atom is -0.261 e. The topological polar surface area (TPSA) is 25.8 Å². The Morgan fingerprint density at radius 1 is 1.07 bits per heavy atom. The Labute approximate surface area is 91.2 Å². The SMILES string of the molecule is BrC(c1ccccc1)c1cnccn1. The number of aromatic nitrogens is 2. The molecular formula is C11H9BrN2. The van der Waals surface area contributed by atoms with Crippen LogP contribution in [0.15, 0.2) is 48.9 Å². The first-order valence-electron chi connectivity index (χ1n) is 4.33. The Bertz CT molecular complexity index is 349. The molecule has 14 heavy (non-hydrogen) atoms. The van der Waals surface area contributed by atoms with E-state index in [0.717, 1.165) is 5.69 Å². The summed E-state index contributed by atoms with van der Waals surface area (Å²) in [4.78, 5) is 8.41. The summed E-state index contributed by atoms with van der Waals surface area (Å²) in [7, 11) is 0. The fourth-order valence-electron chi connectivity index (χ4n) is 1.23. The van der Waals surface area contributed by atoms with E-state index >= 15 is 0 Å². The first-order chi connectivity index (χ1) is 6.88. The van der Waals surface area contributed by atoms with Crippen molar-refractivity contribution in [2.75, 3.05) is 0 Å². The average Bonchev–Trinajstić information content (AvgIpc) is 2.30. The lowest BCUT2D eigenvalue weighted by atomic mass is 10.1. The third-order valence-corrected chi connectivity index (χ3v) is 2.93. The van der Waals surface area contributed by atoms with Gasteiger partial charge in [0.1, 0.15) is 0 Å². The molecule has 1 atom stereocenters. The van der Waals surface area contributed by atoms with Crippen molar-refractivity contribution in [3.05, 3.63) is 60.2 Å². The minimum atomic E-state index is 0.123. The minimum absolute atomic E-state index is 0.123. The maximum absolute atomic E-state index is 4.25. The van der Waals surface area contributed by atoms with Crippen LogP contribution in [0.25, 0.3) is 0 Å². The van der Waals surface area contributed by atoms with E-state index in [9.17, 15) is 0 Å². The lowest BCUT2D eigenvalue weighted by Gasteiger charge is -2.07. The Kier molecular flexibility index (Phi) is 2.89. The molecule has 0 bridgehead atoms. The van der Waals surface area contributed by atoms with E-state index in [1.165, 1.54) is 5.56 Å². The quantitative estimate of drug-likeness (QED) is 0.764. The summed E-state index contributed by atoms with van der Waals surface area (Å²) in [5.41, 5.74) is 2.12. The number of alkyl halides is 1. The molecule has 1 heterocycles. The third-order valence-electron chi connectivity index (χ3n) is 1.94. The maximum atomic E-state index is 4.25. The molecule has 0 amide bonds. The molecule has 1 aromatic carbocycles. The van der Waals surface area contributed by atoms with Gasteiger partial charge >= 0.3 is 0 Å². The molecule has 0 aliphatic heterocycles. The molecular weight excluding hydrogens is 240 g/mol. The molecule has 2 aromatic rings. The zero-order valence-corrected chi connectivity index (χ0v) is 9.05. The van der Waals surface area contributed by atoms with Crippen molar-refractivity contribution < 1.29 is 0 Å². The van der Waals surface area contributed by atoms with E-state index < -0.39 is 0 Å². The Morgan fingerprint density at radius 3 is 2.50 bits per heavy atom. The molecule has 0 saturated carbocycles. The second kappa shape index (κ2) is 4.33. The van der Waals surface area contributed by atoms with Gasteiger partial charge in [-0.05, 0) is 5.56 Å². The lowest BCUT2D eigenvalue weighted by Crippen LogP contribution is -1.95. The smallest absolute Gasteiger partial charge is 0.0832 e. The molecule has 0 radical (unpaired) electrons. The van der Waals surface area contributed by atoms with Gasteiger partial charge in [0.25, 0.3) is 0 Å². The van der Waals surface area contributed by atoms with Crippen LogP contribution in [0, 0.1) is 0 Å². The molecule has 0 N–H and O–H groups in total.